The Bertz CT molecular complexity index is 227. The summed E-state index contributed by atoms with van der Waals surface area (Å²) >= 11 is 0. The van der Waals surface area contributed by atoms with Crippen LogP contribution < -0.4 is 5.73 Å². The SMILES string of the molecule is C=C(CN)CN1CCN2CCCCC2C1. The molecule has 2 fully saturated rings. The van der Waals surface area contributed by atoms with Crippen molar-refractivity contribution in [2.24, 2.45) is 5.73 Å². The smallest absolute Gasteiger partial charge is 0.0223 e. The van der Waals surface area contributed by atoms with E-state index in [9.17, 15) is 0 Å². The second-order valence-electron chi connectivity index (χ2n) is 4.87. The van der Waals surface area contributed by atoms with Crippen LogP contribution in [-0.2, 0) is 0 Å². The third kappa shape index (κ3) is 2.80. The normalized spacial score (nSPS) is 28.7. The van der Waals surface area contributed by atoms with Crippen LogP contribution in [0.15, 0.2) is 12.2 Å². The lowest BCUT2D eigenvalue weighted by atomic mass is 9.99. The van der Waals surface area contributed by atoms with Gasteiger partial charge in [-0.1, -0.05) is 13.0 Å². The molecule has 2 saturated heterocycles. The van der Waals surface area contributed by atoms with Crippen LogP contribution in [0, 0.1) is 0 Å². The average Bonchev–Trinajstić information content (AvgIpc) is 2.29. The molecule has 3 heteroatoms. The molecule has 0 aliphatic carbocycles. The summed E-state index contributed by atoms with van der Waals surface area (Å²) in [5, 5.41) is 0. The van der Waals surface area contributed by atoms with E-state index in [1.807, 2.05) is 0 Å². The average molecular weight is 209 g/mol. The molecule has 0 aromatic rings. The lowest BCUT2D eigenvalue weighted by molar-refractivity contribution is 0.0539. The lowest BCUT2D eigenvalue weighted by Gasteiger charge is -2.44. The summed E-state index contributed by atoms with van der Waals surface area (Å²) in [6.45, 7) is 10.6. The van der Waals surface area contributed by atoms with E-state index in [4.69, 9.17) is 5.73 Å². The Labute approximate surface area is 92.9 Å². The van der Waals surface area contributed by atoms with Crippen LogP contribution in [0.1, 0.15) is 19.3 Å². The number of piperazine rings is 1. The van der Waals surface area contributed by atoms with Crippen molar-refractivity contribution in [2.75, 3.05) is 39.3 Å². The van der Waals surface area contributed by atoms with E-state index in [2.05, 4.69) is 16.4 Å². The van der Waals surface area contributed by atoms with Gasteiger partial charge >= 0.3 is 0 Å². The predicted molar refractivity (Wildman–Crippen MR) is 63.8 cm³/mol. The number of nitrogens with two attached hydrogens (primary N) is 1. The van der Waals surface area contributed by atoms with Crippen LogP contribution in [0.5, 0.6) is 0 Å². The van der Waals surface area contributed by atoms with Crippen molar-refractivity contribution >= 4 is 0 Å². The van der Waals surface area contributed by atoms with Crippen molar-refractivity contribution in [3.63, 3.8) is 0 Å². The third-order valence-electron chi connectivity index (χ3n) is 3.66. The summed E-state index contributed by atoms with van der Waals surface area (Å²) in [5.74, 6) is 0. The molecule has 0 spiro atoms. The molecule has 0 aromatic carbocycles. The van der Waals surface area contributed by atoms with Crippen LogP contribution in [0.2, 0.25) is 0 Å². The molecular weight excluding hydrogens is 186 g/mol. The summed E-state index contributed by atoms with van der Waals surface area (Å²) in [7, 11) is 0. The highest BCUT2D eigenvalue weighted by Gasteiger charge is 2.28. The molecule has 2 rings (SSSR count). The zero-order valence-electron chi connectivity index (χ0n) is 9.62. The zero-order valence-corrected chi connectivity index (χ0v) is 9.62. The maximum atomic E-state index is 5.58. The molecule has 0 radical (unpaired) electrons. The maximum Gasteiger partial charge on any atom is 0.0223 e. The molecule has 15 heavy (non-hydrogen) atoms. The Kier molecular flexibility index (Phi) is 3.78. The van der Waals surface area contributed by atoms with E-state index in [1.165, 1.54) is 51.0 Å². The first kappa shape index (κ1) is 11.1. The molecule has 2 aliphatic rings. The predicted octanol–water partition coefficient (Wildman–Crippen LogP) is 0.671. The second-order valence-corrected chi connectivity index (χ2v) is 4.87. The van der Waals surface area contributed by atoms with Crippen LogP contribution in [0.25, 0.3) is 0 Å². The molecule has 0 aromatic heterocycles. The molecule has 86 valence electrons. The Balaban J connectivity index is 1.83. The van der Waals surface area contributed by atoms with Crippen molar-refractivity contribution in [3.05, 3.63) is 12.2 Å². The fourth-order valence-corrected chi connectivity index (χ4v) is 2.74. The summed E-state index contributed by atoms with van der Waals surface area (Å²) in [6.07, 6.45) is 4.18. The van der Waals surface area contributed by atoms with Gasteiger partial charge < -0.3 is 5.73 Å². The van der Waals surface area contributed by atoms with Gasteiger partial charge in [0.1, 0.15) is 0 Å². The van der Waals surface area contributed by atoms with Gasteiger partial charge in [-0.15, -0.1) is 0 Å². The van der Waals surface area contributed by atoms with E-state index in [-0.39, 0.29) is 0 Å². The minimum atomic E-state index is 0.630. The molecule has 1 atom stereocenters. The van der Waals surface area contributed by atoms with Crippen LogP contribution >= 0.6 is 0 Å². The van der Waals surface area contributed by atoms with Crippen molar-refractivity contribution in [1.82, 2.24) is 9.80 Å². The topological polar surface area (TPSA) is 32.5 Å². The minimum Gasteiger partial charge on any atom is -0.327 e. The molecule has 0 bridgehead atoms. The zero-order chi connectivity index (χ0) is 10.7. The molecular formula is C12H23N3. The van der Waals surface area contributed by atoms with Gasteiger partial charge in [0.05, 0.1) is 0 Å². The van der Waals surface area contributed by atoms with Gasteiger partial charge in [0.2, 0.25) is 0 Å². The molecule has 2 N–H and O–H groups in total. The van der Waals surface area contributed by atoms with Gasteiger partial charge in [0, 0.05) is 38.8 Å². The summed E-state index contributed by atoms with van der Waals surface area (Å²) in [4.78, 5) is 5.17. The number of hydrogen-bond acceptors (Lipinski definition) is 3. The summed E-state index contributed by atoms with van der Waals surface area (Å²) in [6, 6.07) is 0.804. The number of rotatable bonds is 3. The highest BCUT2D eigenvalue weighted by atomic mass is 15.3. The van der Waals surface area contributed by atoms with Crippen molar-refractivity contribution in [1.29, 1.82) is 0 Å². The Morgan fingerprint density at radius 3 is 2.93 bits per heavy atom. The molecule has 2 aliphatic heterocycles. The largest absolute Gasteiger partial charge is 0.327 e. The molecule has 0 saturated carbocycles. The number of piperidine rings is 1. The summed E-state index contributed by atoms with van der Waals surface area (Å²) < 4.78 is 0. The van der Waals surface area contributed by atoms with E-state index in [0.717, 1.165) is 12.6 Å². The van der Waals surface area contributed by atoms with E-state index in [1.54, 1.807) is 0 Å². The van der Waals surface area contributed by atoms with E-state index >= 15 is 0 Å². The number of fused-ring (bicyclic) bond motifs is 1. The monoisotopic (exact) mass is 209 g/mol. The Morgan fingerprint density at radius 2 is 2.13 bits per heavy atom. The van der Waals surface area contributed by atoms with E-state index < -0.39 is 0 Å². The van der Waals surface area contributed by atoms with Gasteiger partial charge in [0.15, 0.2) is 0 Å². The van der Waals surface area contributed by atoms with Gasteiger partial charge in [-0.3, -0.25) is 9.80 Å². The lowest BCUT2D eigenvalue weighted by Crippen LogP contribution is -2.55. The minimum absolute atomic E-state index is 0.630. The van der Waals surface area contributed by atoms with Gasteiger partial charge in [-0.05, 0) is 25.0 Å². The Hall–Kier alpha value is -0.380. The first-order valence-electron chi connectivity index (χ1n) is 6.12. The van der Waals surface area contributed by atoms with Crippen LogP contribution in [0.3, 0.4) is 0 Å². The summed E-state index contributed by atoms with van der Waals surface area (Å²) in [5.41, 5.74) is 6.75. The highest BCUT2D eigenvalue weighted by Crippen LogP contribution is 2.21. The Morgan fingerprint density at radius 1 is 1.27 bits per heavy atom. The standard InChI is InChI=1S/C12H23N3/c1-11(8-13)9-14-6-7-15-5-3-2-4-12(15)10-14/h12H,1-10,13H2. The van der Waals surface area contributed by atoms with Crippen LogP contribution in [-0.4, -0.2) is 55.1 Å². The van der Waals surface area contributed by atoms with E-state index in [0.29, 0.717) is 6.54 Å². The molecule has 0 amide bonds. The highest BCUT2D eigenvalue weighted by molar-refractivity contribution is 5.00. The maximum absolute atomic E-state index is 5.58. The van der Waals surface area contributed by atoms with Crippen molar-refractivity contribution in [2.45, 2.75) is 25.3 Å². The van der Waals surface area contributed by atoms with Crippen LogP contribution in [0.4, 0.5) is 0 Å². The molecule has 2 heterocycles. The van der Waals surface area contributed by atoms with Gasteiger partial charge in [0.25, 0.3) is 0 Å². The fourth-order valence-electron chi connectivity index (χ4n) is 2.74. The molecule has 3 nitrogen and oxygen atoms in total. The number of hydrogen-bond donors (Lipinski definition) is 1. The van der Waals surface area contributed by atoms with Crippen molar-refractivity contribution in [3.8, 4) is 0 Å². The second kappa shape index (κ2) is 5.10. The fraction of sp³-hybridized carbons (Fsp3) is 0.833. The van der Waals surface area contributed by atoms with Gasteiger partial charge in [-0.2, -0.15) is 0 Å². The number of nitrogens with zero attached hydrogens (tertiary/aromatic N) is 2. The first-order valence-corrected chi connectivity index (χ1v) is 6.12. The van der Waals surface area contributed by atoms with Crippen molar-refractivity contribution < 1.29 is 0 Å². The third-order valence-corrected chi connectivity index (χ3v) is 3.66. The van der Waals surface area contributed by atoms with Gasteiger partial charge in [-0.25, -0.2) is 0 Å². The molecule has 1 unspecified atom stereocenters. The first-order chi connectivity index (χ1) is 7.29. The quantitative estimate of drug-likeness (QED) is 0.694.